The predicted molar refractivity (Wildman–Crippen MR) is 71.8 cm³/mol. The van der Waals surface area contributed by atoms with Crippen molar-refractivity contribution in [3.05, 3.63) is 5.89 Å². The van der Waals surface area contributed by atoms with Crippen LogP contribution < -0.4 is 5.32 Å². The average Bonchev–Trinajstić information content (AvgIpc) is 3.12. The molecule has 2 aliphatic rings. The predicted octanol–water partition coefficient (Wildman–Crippen LogP) is 2.03. The maximum absolute atomic E-state index is 11.9. The van der Waals surface area contributed by atoms with E-state index in [2.05, 4.69) is 15.5 Å². The van der Waals surface area contributed by atoms with Crippen molar-refractivity contribution in [1.82, 2.24) is 15.5 Å². The van der Waals surface area contributed by atoms with Crippen molar-refractivity contribution < 1.29 is 9.21 Å². The largest absolute Gasteiger partial charge is 0.416 e. The van der Waals surface area contributed by atoms with Gasteiger partial charge in [-0.2, -0.15) is 0 Å². The Morgan fingerprint density at radius 1 is 1.42 bits per heavy atom. The molecule has 0 saturated heterocycles. The molecule has 3 rings (SSSR count). The Morgan fingerprint density at radius 3 is 2.95 bits per heavy atom. The van der Waals surface area contributed by atoms with Crippen LogP contribution in [0.2, 0.25) is 0 Å². The van der Waals surface area contributed by atoms with E-state index in [-0.39, 0.29) is 5.91 Å². The number of rotatable bonds is 5. The van der Waals surface area contributed by atoms with Crippen LogP contribution in [0.4, 0.5) is 0 Å². The zero-order chi connectivity index (χ0) is 13.2. The summed E-state index contributed by atoms with van der Waals surface area (Å²) in [6, 6.07) is 0.403. The number of aryl methyl sites for hydroxylation is 1. The van der Waals surface area contributed by atoms with Crippen LogP contribution in [0.15, 0.2) is 9.64 Å². The number of carbonyl (C=O) groups is 1. The molecule has 1 heterocycles. The Morgan fingerprint density at radius 2 is 2.32 bits per heavy atom. The second-order valence-corrected chi connectivity index (χ2v) is 6.38. The Bertz CT molecular complexity index is 462. The highest BCUT2D eigenvalue weighted by molar-refractivity contribution is 7.99. The van der Waals surface area contributed by atoms with Gasteiger partial charge in [-0.1, -0.05) is 25.1 Å². The topological polar surface area (TPSA) is 68.0 Å². The monoisotopic (exact) mass is 281 g/mol. The second kappa shape index (κ2) is 5.53. The molecule has 19 heavy (non-hydrogen) atoms. The van der Waals surface area contributed by atoms with Gasteiger partial charge in [-0.25, -0.2) is 0 Å². The molecule has 1 aromatic rings. The summed E-state index contributed by atoms with van der Waals surface area (Å²) in [5.41, 5.74) is 0. The van der Waals surface area contributed by atoms with E-state index >= 15 is 0 Å². The summed E-state index contributed by atoms with van der Waals surface area (Å²) >= 11 is 1.32. The van der Waals surface area contributed by atoms with Gasteiger partial charge in [0.05, 0.1) is 5.75 Å². The van der Waals surface area contributed by atoms with E-state index in [0.717, 1.165) is 12.3 Å². The van der Waals surface area contributed by atoms with E-state index in [1.807, 2.05) is 6.92 Å². The van der Waals surface area contributed by atoms with Crippen molar-refractivity contribution in [1.29, 1.82) is 0 Å². The number of hydrogen-bond donors (Lipinski definition) is 1. The van der Waals surface area contributed by atoms with E-state index in [1.54, 1.807) is 0 Å². The molecule has 104 valence electrons. The first-order valence-corrected chi connectivity index (χ1v) is 7.97. The van der Waals surface area contributed by atoms with Gasteiger partial charge in [-0.05, 0) is 31.1 Å². The highest BCUT2D eigenvalue weighted by atomic mass is 32.2. The van der Waals surface area contributed by atoms with E-state index in [9.17, 15) is 4.79 Å². The Labute approximate surface area is 116 Å². The Balaban J connectivity index is 1.44. The van der Waals surface area contributed by atoms with Crippen LogP contribution in [-0.4, -0.2) is 27.9 Å². The SMILES string of the molecule is CCc1nnc(SCC(=O)N[C@@H]2C[C@H]3CC[C@H]2C3)o1. The Hall–Kier alpha value is -1.04. The van der Waals surface area contributed by atoms with Crippen LogP contribution in [0, 0.1) is 11.8 Å². The minimum Gasteiger partial charge on any atom is -0.416 e. The molecule has 1 N–H and O–H groups in total. The molecule has 0 radical (unpaired) electrons. The van der Waals surface area contributed by atoms with Crippen LogP contribution in [0.3, 0.4) is 0 Å². The molecule has 5 nitrogen and oxygen atoms in total. The molecule has 2 fully saturated rings. The fourth-order valence-corrected chi connectivity index (χ4v) is 3.83. The third-order valence-electron chi connectivity index (χ3n) is 4.16. The molecule has 0 aliphatic heterocycles. The summed E-state index contributed by atoms with van der Waals surface area (Å²) in [6.45, 7) is 1.96. The van der Waals surface area contributed by atoms with E-state index in [0.29, 0.717) is 28.8 Å². The van der Waals surface area contributed by atoms with Crippen LogP contribution in [0.1, 0.15) is 38.5 Å². The molecule has 0 spiro atoms. The smallest absolute Gasteiger partial charge is 0.277 e. The van der Waals surface area contributed by atoms with E-state index in [1.165, 1.54) is 37.4 Å². The van der Waals surface area contributed by atoms with Crippen molar-refractivity contribution >= 4 is 17.7 Å². The standard InChI is InChI=1S/C13H19N3O2S/c1-2-12-15-16-13(18-12)19-7-11(17)14-10-6-8-3-4-9(10)5-8/h8-10H,2-7H2,1H3,(H,14,17)/t8-,9-,10+/m0/s1. The van der Waals surface area contributed by atoms with Crippen molar-refractivity contribution in [2.24, 2.45) is 11.8 Å². The number of carbonyl (C=O) groups excluding carboxylic acids is 1. The third-order valence-corrected chi connectivity index (χ3v) is 4.98. The van der Waals surface area contributed by atoms with Gasteiger partial charge in [0.15, 0.2) is 0 Å². The van der Waals surface area contributed by atoms with Crippen LogP contribution >= 0.6 is 11.8 Å². The summed E-state index contributed by atoms with van der Waals surface area (Å²) < 4.78 is 5.36. The lowest BCUT2D eigenvalue weighted by Gasteiger charge is -2.22. The number of amides is 1. The van der Waals surface area contributed by atoms with E-state index in [4.69, 9.17) is 4.42 Å². The molecule has 1 amide bonds. The molecule has 3 atom stereocenters. The molecule has 2 aliphatic carbocycles. The number of hydrogen-bond acceptors (Lipinski definition) is 5. The van der Waals surface area contributed by atoms with Crippen molar-refractivity contribution in [2.75, 3.05) is 5.75 Å². The molecule has 0 aromatic carbocycles. The van der Waals surface area contributed by atoms with E-state index < -0.39 is 0 Å². The van der Waals surface area contributed by atoms with Gasteiger partial charge in [-0.3, -0.25) is 4.79 Å². The average molecular weight is 281 g/mol. The summed E-state index contributed by atoms with van der Waals surface area (Å²) in [5.74, 6) is 2.63. The van der Waals surface area contributed by atoms with Crippen LogP contribution in [-0.2, 0) is 11.2 Å². The number of nitrogens with zero attached hydrogens (tertiary/aromatic N) is 2. The van der Waals surface area contributed by atoms with Gasteiger partial charge >= 0.3 is 0 Å². The summed E-state index contributed by atoms with van der Waals surface area (Å²) in [4.78, 5) is 11.9. The van der Waals surface area contributed by atoms with Gasteiger partial charge < -0.3 is 9.73 Å². The first kappa shape index (κ1) is 13.0. The van der Waals surface area contributed by atoms with Crippen molar-refractivity contribution in [2.45, 2.75) is 50.3 Å². The first-order valence-electron chi connectivity index (χ1n) is 6.99. The molecule has 2 bridgehead atoms. The molecule has 1 aromatic heterocycles. The van der Waals surface area contributed by atoms with Crippen LogP contribution in [0.25, 0.3) is 0 Å². The molecule has 2 saturated carbocycles. The quantitative estimate of drug-likeness (QED) is 0.836. The summed E-state index contributed by atoms with van der Waals surface area (Å²) in [6.07, 6.45) is 5.84. The maximum Gasteiger partial charge on any atom is 0.277 e. The Kier molecular flexibility index (Phi) is 3.77. The van der Waals surface area contributed by atoms with Gasteiger partial charge in [0, 0.05) is 12.5 Å². The minimum absolute atomic E-state index is 0.0822. The third kappa shape index (κ3) is 2.94. The van der Waals surface area contributed by atoms with Crippen molar-refractivity contribution in [3.8, 4) is 0 Å². The zero-order valence-electron chi connectivity index (χ0n) is 11.1. The fraction of sp³-hybridized carbons (Fsp3) is 0.769. The summed E-state index contributed by atoms with van der Waals surface area (Å²) in [5, 5.41) is 11.4. The van der Waals surface area contributed by atoms with Gasteiger partial charge in [0.2, 0.25) is 11.8 Å². The number of aromatic nitrogens is 2. The molecule has 0 unspecified atom stereocenters. The van der Waals surface area contributed by atoms with Crippen molar-refractivity contribution in [3.63, 3.8) is 0 Å². The highest BCUT2D eigenvalue weighted by Gasteiger charge is 2.39. The maximum atomic E-state index is 11.9. The first-order chi connectivity index (χ1) is 9.24. The lowest BCUT2D eigenvalue weighted by atomic mass is 9.95. The number of nitrogens with one attached hydrogen (secondary N) is 1. The fourth-order valence-electron chi connectivity index (χ4n) is 3.24. The lowest BCUT2D eigenvalue weighted by molar-refractivity contribution is -0.119. The zero-order valence-corrected chi connectivity index (χ0v) is 11.9. The minimum atomic E-state index is 0.0822. The second-order valence-electron chi connectivity index (χ2n) is 5.45. The van der Waals surface area contributed by atoms with Crippen LogP contribution in [0.5, 0.6) is 0 Å². The molecular formula is C13H19N3O2S. The van der Waals surface area contributed by atoms with Gasteiger partial charge in [0.1, 0.15) is 0 Å². The summed E-state index contributed by atoms with van der Waals surface area (Å²) in [7, 11) is 0. The molecule has 6 heteroatoms. The number of thioether (sulfide) groups is 1. The number of fused-ring (bicyclic) bond motifs is 2. The van der Waals surface area contributed by atoms with Gasteiger partial charge in [-0.15, -0.1) is 10.2 Å². The highest BCUT2D eigenvalue weighted by Crippen LogP contribution is 2.44. The lowest BCUT2D eigenvalue weighted by Crippen LogP contribution is -2.39. The molecular weight excluding hydrogens is 262 g/mol. The van der Waals surface area contributed by atoms with Gasteiger partial charge in [0.25, 0.3) is 5.22 Å². The normalized spacial score (nSPS) is 28.8.